The zero-order chi connectivity index (χ0) is 35.4. The largest absolute Gasteiger partial charge is 0.497 e. The van der Waals surface area contributed by atoms with Crippen LogP contribution in [0.1, 0.15) is 42.5 Å². The summed E-state index contributed by atoms with van der Waals surface area (Å²) in [6.07, 6.45) is 0.809. The van der Waals surface area contributed by atoms with Gasteiger partial charge < -0.3 is 24.6 Å². The number of amides is 4. The Kier molecular flexibility index (Phi) is 10.3. The van der Waals surface area contributed by atoms with Crippen LogP contribution in [-0.4, -0.2) is 82.4 Å². The highest BCUT2D eigenvalue weighted by Gasteiger charge is 2.52. The molecule has 0 bridgehead atoms. The molecular formula is C40H43N5O5. The highest BCUT2D eigenvalue weighted by Crippen LogP contribution is 2.32. The van der Waals surface area contributed by atoms with Crippen LogP contribution in [0.15, 0.2) is 97.6 Å². The molecule has 2 saturated heterocycles. The maximum absolute atomic E-state index is 14.4. The molecule has 4 aromatic carbocycles. The van der Waals surface area contributed by atoms with E-state index in [1.807, 2.05) is 96.6 Å². The van der Waals surface area contributed by atoms with Crippen molar-refractivity contribution in [1.82, 2.24) is 25.1 Å². The number of rotatable bonds is 12. The van der Waals surface area contributed by atoms with Crippen molar-refractivity contribution < 1.29 is 23.9 Å². The number of piperazine rings is 1. The third-order valence-corrected chi connectivity index (χ3v) is 9.51. The molecule has 6 rings (SSSR count). The van der Waals surface area contributed by atoms with Crippen LogP contribution in [0.4, 0.5) is 4.79 Å². The summed E-state index contributed by atoms with van der Waals surface area (Å²) in [6, 6.07) is 27.9. The molecule has 2 atom stereocenters. The van der Waals surface area contributed by atoms with Crippen molar-refractivity contribution in [2.24, 2.45) is 0 Å². The van der Waals surface area contributed by atoms with Gasteiger partial charge in [-0.2, -0.15) is 5.01 Å². The van der Waals surface area contributed by atoms with Crippen molar-refractivity contribution in [1.29, 1.82) is 0 Å². The molecule has 4 aromatic rings. The molecule has 1 N–H and O–H groups in total. The first-order valence-electron chi connectivity index (χ1n) is 16.9. The molecule has 0 aliphatic carbocycles. The zero-order valence-corrected chi connectivity index (χ0v) is 28.7. The molecular weight excluding hydrogens is 630 g/mol. The zero-order valence-electron chi connectivity index (χ0n) is 28.7. The molecule has 2 aliphatic heterocycles. The van der Waals surface area contributed by atoms with Gasteiger partial charge >= 0.3 is 6.03 Å². The number of fused-ring (bicyclic) bond motifs is 2. The number of allylic oxidation sites excluding steroid dienone is 1. The monoisotopic (exact) mass is 673 g/mol. The first-order chi connectivity index (χ1) is 24.2. The maximum atomic E-state index is 14.4. The first kappa shape index (κ1) is 34.4. The minimum atomic E-state index is -0.776. The van der Waals surface area contributed by atoms with Crippen LogP contribution in [0, 0.1) is 0 Å². The molecule has 2 aliphatic rings. The van der Waals surface area contributed by atoms with Crippen molar-refractivity contribution in [3.8, 4) is 5.75 Å². The maximum Gasteiger partial charge on any atom is 0.332 e. The third kappa shape index (κ3) is 7.11. The van der Waals surface area contributed by atoms with E-state index in [9.17, 15) is 19.2 Å². The smallest absolute Gasteiger partial charge is 0.332 e. The van der Waals surface area contributed by atoms with Gasteiger partial charge in [0, 0.05) is 32.0 Å². The van der Waals surface area contributed by atoms with Crippen LogP contribution >= 0.6 is 0 Å². The lowest BCUT2D eigenvalue weighted by Crippen LogP contribution is -2.66. The fourth-order valence-electron chi connectivity index (χ4n) is 6.97. The van der Waals surface area contributed by atoms with Crippen LogP contribution in [0.5, 0.6) is 5.75 Å². The molecule has 4 amide bonds. The quantitative estimate of drug-likeness (QED) is 0.202. The standard InChI is InChI=1S/C40H43N5O5/c1-27(2)45(40(49)41-23-30-14-18-34(50-4)19-15-30)43-26-38(47)44-36(22-29-12-16-31(17-13-29)28(3)20-21-46)39(48)42(25-37(43)44)24-33-10-7-9-32-8-5-6-11-35(32)33/h5-19,21,27,36-37H,3,20,22-26H2,1-2,4H3,(H,41,49)/t36-,37+/m0/s1. The van der Waals surface area contributed by atoms with E-state index in [0.717, 1.165) is 45.1 Å². The molecule has 0 saturated carbocycles. The number of carbonyl (C=O) groups excluding carboxylic acids is 4. The summed E-state index contributed by atoms with van der Waals surface area (Å²) in [6.45, 7) is 8.69. The molecule has 0 unspecified atom stereocenters. The number of benzene rings is 4. The van der Waals surface area contributed by atoms with E-state index in [2.05, 4.69) is 30.1 Å². The summed E-state index contributed by atoms with van der Waals surface area (Å²) in [4.78, 5) is 56.7. The minimum Gasteiger partial charge on any atom is -0.497 e. The second kappa shape index (κ2) is 15.0. The predicted molar refractivity (Wildman–Crippen MR) is 193 cm³/mol. The van der Waals surface area contributed by atoms with Gasteiger partial charge in [-0.3, -0.25) is 14.6 Å². The fraction of sp³-hybridized carbons (Fsp3) is 0.300. The lowest BCUT2D eigenvalue weighted by atomic mass is 9.97. The van der Waals surface area contributed by atoms with Crippen LogP contribution < -0.4 is 10.1 Å². The van der Waals surface area contributed by atoms with E-state index in [1.165, 1.54) is 0 Å². The Morgan fingerprint density at radius 2 is 1.68 bits per heavy atom. The number of carbonyl (C=O) groups is 4. The SMILES string of the molecule is C=C(CC=O)c1ccc(C[C@H]2C(=O)N(Cc3cccc4ccccc34)C[C@H]3N2C(=O)CN3N(C(=O)NCc2ccc(OC)cc2)C(C)C)cc1. The molecule has 0 spiro atoms. The van der Waals surface area contributed by atoms with Crippen molar-refractivity contribution in [2.45, 2.75) is 58.0 Å². The summed E-state index contributed by atoms with van der Waals surface area (Å²) in [5.74, 6) is 0.384. The van der Waals surface area contributed by atoms with E-state index in [1.54, 1.807) is 17.0 Å². The van der Waals surface area contributed by atoms with Gasteiger partial charge in [0.25, 0.3) is 0 Å². The summed E-state index contributed by atoms with van der Waals surface area (Å²) in [5.41, 5.74) is 4.36. The van der Waals surface area contributed by atoms with Gasteiger partial charge in [-0.05, 0) is 64.6 Å². The Hall–Kier alpha value is -5.48. The molecule has 2 heterocycles. The molecule has 50 heavy (non-hydrogen) atoms. The number of hydrazine groups is 1. The number of nitrogens with one attached hydrogen (secondary N) is 1. The lowest BCUT2D eigenvalue weighted by molar-refractivity contribution is -0.158. The number of hydrogen-bond acceptors (Lipinski definition) is 6. The first-order valence-corrected chi connectivity index (χ1v) is 16.9. The number of urea groups is 1. The van der Waals surface area contributed by atoms with E-state index >= 15 is 0 Å². The molecule has 10 heteroatoms. The Labute approximate surface area is 292 Å². The highest BCUT2D eigenvalue weighted by molar-refractivity contribution is 5.92. The summed E-state index contributed by atoms with van der Waals surface area (Å²) in [7, 11) is 1.61. The van der Waals surface area contributed by atoms with Crippen LogP contribution in [0.25, 0.3) is 16.3 Å². The van der Waals surface area contributed by atoms with Crippen molar-refractivity contribution in [3.63, 3.8) is 0 Å². The third-order valence-electron chi connectivity index (χ3n) is 9.51. The molecule has 2 fully saturated rings. The highest BCUT2D eigenvalue weighted by atomic mass is 16.5. The topological polar surface area (TPSA) is 103 Å². The van der Waals surface area contributed by atoms with Gasteiger partial charge in [0.2, 0.25) is 11.8 Å². The summed E-state index contributed by atoms with van der Waals surface area (Å²) < 4.78 is 5.25. The number of ether oxygens (including phenoxy) is 1. The van der Waals surface area contributed by atoms with Gasteiger partial charge in [0.05, 0.1) is 20.2 Å². The summed E-state index contributed by atoms with van der Waals surface area (Å²) in [5, 5.41) is 8.60. The minimum absolute atomic E-state index is 0.0326. The normalized spacial score (nSPS) is 17.6. The molecule has 10 nitrogen and oxygen atoms in total. The van der Waals surface area contributed by atoms with Gasteiger partial charge in [-0.1, -0.05) is 85.4 Å². The second-order valence-corrected chi connectivity index (χ2v) is 13.1. The van der Waals surface area contributed by atoms with Gasteiger partial charge in [0.15, 0.2) is 0 Å². The average Bonchev–Trinajstić information content (AvgIpc) is 3.44. The van der Waals surface area contributed by atoms with Crippen molar-refractivity contribution >= 4 is 40.5 Å². The summed E-state index contributed by atoms with van der Waals surface area (Å²) >= 11 is 0. The van der Waals surface area contributed by atoms with Crippen LogP contribution in [0.2, 0.25) is 0 Å². The Morgan fingerprint density at radius 1 is 0.980 bits per heavy atom. The molecule has 0 aromatic heterocycles. The Balaban J connectivity index is 1.30. The number of nitrogens with zero attached hydrogens (tertiary/aromatic N) is 4. The second-order valence-electron chi connectivity index (χ2n) is 13.1. The number of hydrogen-bond donors (Lipinski definition) is 1. The van der Waals surface area contributed by atoms with Crippen molar-refractivity contribution in [3.05, 3.63) is 120 Å². The number of methoxy groups -OCH3 is 1. The van der Waals surface area contributed by atoms with E-state index in [4.69, 9.17) is 4.74 Å². The Bertz CT molecular complexity index is 1890. The van der Waals surface area contributed by atoms with E-state index in [0.29, 0.717) is 25.1 Å². The molecule has 0 radical (unpaired) electrons. The number of aldehydes is 1. The van der Waals surface area contributed by atoms with Gasteiger partial charge in [-0.25, -0.2) is 4.79 Å². The van der Waals surface area contributed by atoms with Crippen LogP contribution in [-0.2, 0) is 33.9 Å². The lowest BCUT2D eigenvalue weighted by Gasteiger charge is -2.47. The van der Waals surface area contributed by atoms with E-state index < -0.39 is 12.2 Å². The average molecular weight is 674 g/mol. The predicted octanol–water partition coefficient (Wildman–Crippen LogP) is 5.41. The van der Waals surface area contributed by atoms with E-state index in [-0.39, 0.29) is 43.4 Å². The Morgan fingerprint density at radius 3 is 2.38 bits per heavy atom. The van der Waals surface area contributed by atoms with Gasteiger partial charge in [-0.15, -0.1) is 0 Å². The molecule has 258 valence electrons. The van der Waals surface area contributed by atoms with Crippen molar-refractivity contribution in [2.75, 3.05) is 20.2 Å². The fourth-order valence-corrected chi connectivity index (χ4v) is 6.97. The van der Waals surface area contributed by atoms with Gasteiger partial charge in [0.1, 0.15) is 24.2 Å². The van der Waals surface area contributed by atoms with Crippen LogP contribution in [0.3, 0.4) is 0 Å².